The zero-order chi connectivity index (χ0) is 17.5. The fourth-order valence-electron chi connectivity index (χ4n) is 2.67. The quantitative estimate of drug-likeness (QED) is 0.676. The number of nitrogens with zero attached hydrogens (tertiary/aromatic N) is 1. The summed E-state index contributed by atoms with van der Waals surface area (Å²) in [7, 11) is 0. The molecule has 2 heterocycles. The second-order valence-electron chi connectivity index (χ2n) is 6.29. The van der Waals surface area contributed by atoms with E-state index in [4.69, 9.17) is 4.74 Å². The molecule has 0 aliphatic carbocycles. The van der Waals surface area contributed by atoms with Crippen LogP contribution in [0, 0.1) is 12.8 Å². The largest absolute Gasteiger partial charge is 0.490 e. The van der Waals surface area contributed by atoms with Gasteiger partial charge < -0.3 is 15.4 Å². The van der Waals surface area contributed by atoms with Crippen LogP contribution in [0.1, 0.15) is 21.8 Å². The SMILES string of the molecule is C=CCOc1cc(/C=C/c2csc(C)n2)cc(CNCC2CNC2)c1. The minimum Gasteiger partial charge on any atom is -0.490 e. The minimum atomic E-state index is 0.513. The maximum absolute atomic E-state index is 5.75. The first kappa shape index (κ1) is 17.9. The van der Waals surface area contributed by atoms with Crippen molar-refractivity contribution in [3.05, 3.63) is 58.1 Å². The van der Waals surface area contributed by atoms with Crippen molar-refractivity contribution in [2.45, 2.75) is 13.5 Å². The van der Waals surface area contributed by atoms with Gasteiger partial charge >= 0.3 is 0 Å². The molecule has 2 aromatic rings. The Morgan fingerprint density at radius 2 is 2.24 bits per heavy atom. The van der Waals surface area contributed by atoms with Gasteiger partial charge in [-0.3, -0.25) is 0 Å². The highest BCUT2D eigenvalue weighted by Gasteiger charge is 2.15. The first-order chi connectivity index (χ1) is 12.2. The third-order valence-corrected chi connectivity index (χ3v) is 4.86. The minimum absolute atomic E-state index is 0.513. The predicted octanol–water partition coefficient (Wildman–Crippen LogP) is 3.50. The fraction of sp³-hybridized carbons (Fsp3) is 0.350. The maximum atomic E-state index is 5.75. The number of aryl methyl sites for hydroxylation is 1. The van der Waals surface area contributed by atoms with Crippen LogP contribution in [0.2, 0.25) is 0 Å². The highest BCUT2D eigenvalue weighted by Crippen LogP contribution is 2.20. The van der Waals surface area contributed by atoms with Crippen LogP contribution in [0.5, 0.6) is 5.75 Å². The van der Waals surface area contributed by atoms with E-state index in [0.29, 0.717) is 6.61 Å². The van der Waals surface area contributed by atoms with Crippen molar-refractivity contribution in [3.8, 4) is 5.75 Å². The normalized spacial score (nSPS) is 14.6. The van der Waals surface area contributed by atoms with Crippen LogP contribution in [0.25, 0.3) is 12.2 Å². The maximum Gasteiger partial charge on any atom is 0.120 e. The average Bonchev–Trinajstić information content (AvgIpc) is 2.99. The lowest BCUT2D eigenvalue weighted by atomic mass is 10.0. The lowest BCUT2D eigenvalue weighted by molar-refractivity contribution is 0.331. The molecule has 132 valence electrons. The Kier molecular flexibility index (Phi) is 6.39. The molecule has 1 fully saturated rings. The van der Waals surface area contributed by atoms with E-state index in [0.717, 1.165) is 54.1 Å². The van der Waals surface area contributed by atoms with Crippen molar-refractivity contribution in [2.24, 2.45) is 5.92 Å². The van der Waals surface area contributed by atoms with E-state index in [1.165, 1.54) is 5.56 Å². The first-order valence-electron chi connectivity index (χ1n) is 8.62. The van der Waals surface area contributed by atoms with Gasteiger partial charge in [-0.1, -0.05) is 24.8 Å². The summed E-state index contributed by atoms with van der Waals surface area (Å²) in [6.07, 6.45) is 5.91. The van der Waals surface area contributed by atoms with Gasteiger partial charge in [-0.15, -0.1) is 11.3 Å². The van der Waals surface area contributed by atoms with E-state index < -0.39 is 0 Å². The van der Waals surface area contributed by atoms with E-state index in [2.05, 4.69) is 51.9 Å². The van der Waals surface area contributed by atoms with E-state index in [9.17, 15) is 0 Å². The molecule has 0 spiro atoms. The molecular formula is C20H25N3OS. The van der Waals surface area contributed by atoms with E-state index >= 15 is 0 Å². The Labute approximate surface area is 153 Å². The number of thiazole rings is 1. The highest BCUT2D eigenvalue weighted by molar-refractivity contribution is 7.09. The van der Waals surface area contributed by atoms with Crippen molar-refractivity contribution in [1.82, 2.24) is 15.6 Å². The van der Waals surface area contributed by atoms with Crippen LogP contribution in [0.4, 0.5) is 0 Å². The van der Waals surface area contributed by atoms with Crippen molar-refractivity contribution in [1.29, 1.82) is 0 Å². The first-order valence-corrected chi connectivity index (χ1v) is 9.50. The second kappa shape index (κ2) is 8.94. The monoisotopic (exact) mass is 355 g/mol. The third-order valence-electron chi connectivity index (χ3n) is 4.07. The Bertz CT molecular complexity index is 734. The van der Waals surface area contributed by atoms with Gasteiger partial charge in [0, 0.05) is 31.6 Å². The number of nitrogens with one attached hydrogen (secondary N) is 2. The molecule has 1 aliphatic rings. The van der Waals surface area contributed by atoms with Crippen LogP contribution in [0.15, 0.2) is 36.2 Å². The summed E-state index contributed by atoms with van der Waals surface area (Å²) in [6.45, 7) is 10.4. The lowest BCUT2D eigenvalue weighted by Crippen LogP contribution is -2.47. The van der Waals surface area contributed by atoms with E-state index in [-0.39, 0.29) is 0 Å². The molecule has 0 saturated carbocycles. The van der Waals surface area contributed by atoms with Gasteiger partial charge in [0.15, 0.2) is 0 Å². The molecular weight excluding hydrogens is 330 g/mol. The molecule has 0 amide bonds. The number of aromatic nitrogens is 1. The van der Waals surface area contributed by atoms with E-state index in [1.807, 2.05) is 13.0 Å². The summed E-state index contributed by atoms with van der Waals surface area (Å²) >= 11 is 1.67. The number of hydrogen-bond donors (Lipinski definition) is 2. The van der Waals surface area contributed by atoms with Crippen molar-refractivity contribution >= 4 is 23.5 Å². The van der Waals surface area contributed by atoms with Gasteiger partial charge in [-0.25, -0.2) is 4.98 Å². The summed E-state index contributed by atoms with van der Waals surface area (Å²) in [5.74, 6) is 1.63. The van der Waals surface area contributed by atoms with Gasteiger partial charge in [-0.05, 0) is 42.2 Å². The van der Waals surface area contributed by atoms with Crippen LogP contribution in [-0.2, 0) is 6.54 Å². The number of rotatable bonds is 9. The number of benzene rings is 1. The third kappa shape index (κ3) is 5.53. The zero-order valence-corrected chi connectivity index (χ0v) is 15.4. The Balaban J connectivity index is 1.69. The Morgan fingerprint density at radius 1 is 1.36 bits per heavy atom. The molecule has 3 rings (SSSR count). The molecule has 1 aromatic carbocycles. The molecule has 0 radical (unpaired) electrons. The summed E-state index contributed by atoms with van der Waals surface area (Å²) in [6, 6.07) is 6.35. The van der Waals surface area contributed by atoms with Crippen molar-refractivity contribution < 1.29 is 4.74 Å². The molecule has 0 bridgehead atoms. The fourth-order valence-corrected chi connectivity index (χ4v) is 3.26. The lowest BCUT2D eigenvalue weighted by Gasteiger charge is -2.27. The van der Waals surface area contributed by atoms with Crippen LogP contribution < -0.4 is 15.4 Å². The van der Waals surface area contributed by atoms with Crippen molar-refractivity contribution in [3.63, 3.8) is 0 Å². The van der Waals surface area contributed by atoms with Gasteiger partial charge in [-0.2, -0.15) is 0 Å². The molecule has 25 heavy (non-hydrogen) atoms. The van der Waals surface area contributed by atoms with Gasteiger partial charge in [0.25, 0.3) is 0 Å². The second-order valence-corrected chi connectivity index (χ2v) is 7.35. The van der Waals surface area contributed by atoms with Crippen molar-refractivity contribution in [2.75, 3.05) is 26.2 Å². The molecule has 1 aliphatic heterocycles. The van der Waals surface area contributed by atoms with Gasteiger partial charge in [0.05, 0.1) is 10.7 Å². The Hall–Kier alpha value is -1.95. The predicted molar refractivity (Wildman–Crippen MR) is 106 cm³/mol. The molecule has 5 heteroatoms. The summed E-state index contributed by atoms with van der Waals surface area (Å²) in [5.41, 5.74) is 3.34. The number of ether oxygens (including phenoxy) is 1. The number of hydrogen-bond acceptors (Lipinski definition) is 5. The van der Waals surface area contributed by atoms with E-state index in [1.54, 1.807) is 17.4 Å². The van der Waals surface area contributed by atoms with Crippen LogP contribution in [-0.4, -0.2) is 31.2 Å². The summed E-state index contributed by atoms with van der Waals surface area (Å²) < 4.78 is 5.75. The molecule has 0 unspecified atom stereocenters. The smallest absolute Gasteiger partial charge is 0.120 e. The molecule has 0 atom stereocenters. The molecule has 1 saturated heterocycles. The average molecular weight is 356 g/mol. The summed E-state index contributed by atoms with van der Waals surface area (Å²) in [5, 5.41) is 9.99. The van der Waals surface area contributed by atoms with Crippen LogP contribution in [0.3, 0.4) is 0 Å². The Morgan fingerprint density at radius 3 is 2.92 bits per heavy atom. The highest BCUT2D eigenvalue weighted by atomic mass is 32.1. The van der Waals surface area contributed by atoms with Gasteiger partial charge in [0.2, 0.25) is 0 Å². The van der Waals surface area contributed by atoms with Gasteiger partial charge in [0.1, 0.15) is 12.4 Å². The topological polar surface area (TPSA) is 46.2 Å². The molecule has 4 nitrogen and oxygen atoms in total. The zero-order valence-electron chi connectivity index (χ0n) is 14.6. The molecule has 2 N–H and O–H groups in total. The standard InChI is InChI=1S/C20H25N3OS/c1-3-6-24-20-8-16(4-5-19-14-25-15(2)23-19)7-17(9-20)10-21-11-18-12-22-13-18/h3-5,7-9,14,18,21-22H,1,6,10-13H2,2H3/b5-4+. The van der Waals surface area contributed by atoms with Crippen LogP contribution >= 0.6 is 11.3 Å². The summed E-state index contributed by atoms with van der Waals surface area (Å²) in [4.78, 5) is 4.47. The molecule has 1 aromatic heterocycles.